The molecule has 0 amide bonds. The maximum absolute atomic E-state index is 5.55. The third kappa shape index (κ3) is 2.07. The van der Waals surface area contributed by atoms with Gasteiger partial charge in [-0.2, -0.15) is 0 Å². The molecule has 1 aliphatic heterocycles. The summed E-state index contributed by atoms with van der Waals surface area (Å²) in [6, 6.07) is 0. The first-order valence-electron chi connectivity index (χ1n) is 3.78. The Morgan fingerprint density at radius 3 is 2.40 bits per heavy atom. The van der Waals surface area contributed by atoms with E-state index < -0.39 is 0 Å². The van der Waals surface area contributed by atoms with E-state index in [4.69, 9.17) is 4.74 Å². The van der Waals surface area contributed by atoms with E-state index in [0.29, 0.717) is 0 Å². The molecule has 10 heavy (non-hydrogen) atoms. The highest BCUT2D eigenvalue weighted by Gasteiger charge is 2.19. The molecule has 0 aromatic rings. The number of rotatable bonds is 0. The van der Waals surface area contributed by atoms with Crippen molar-refractivity contribution < 1.29 is 4.74 Å². The predicted octanol–water partition coefficient (Wildman–Crippen LogP) is 2.53. The Morgan fingerprint density at radius 2 is 2.10 bits per heavy atom. The van der Waals surface area contributed by atoms with Crippen molar-refractivity contribution in [3.63, 3.8) is 0 Å². The van der Waals surface area contributed by atoms with E-state index >= 15 is 0 Å². The van der Waals surface area contributed by atoms with Crippen LogP contribution in [-0.4, -0.2) is 18.2 Å². The molecule has 2 heteroatoms. The van der Waals surface area contributed by atoms with Gasteiger partial charge in [-0.25, -0.2) is 0 Å². The van der Waals surface area contributed by atoms with E-state index in [1.165, 1.54) is 26.3 Å². The first-order valence-corrected chi connectivity index (χ1v) is 4.86. The van der Waals surface area contributed by atoms with Crippen LogP contribution in [0.25, 0.3) is 0 Å². The average Bonchev–Trinajstić information content (AvgIpc) is 1.88. The third-order valence-corrected chi connectivity index (χ3v) is 3.07. The molecule has 0 bridgehead atoms. The lowest BCUT2D eigenvalue weighted by atomic mass is 9.98. The summed E-state index contributed by atoms with van der Waals surface area (Å²) in [4.78, 5) is 0. The summed E-state index contributed by atoms with van der Waals surface area (Å²) in [6.07, 6.45) is 2.51. The Labute approximate surface area is 64.6 Å². The minimum Gasteiger partial charge on any atom is -0.345 e. The lowest BCUT2D eigenvalue weighted by molar-refractivity contribution is 0.269. The summed E-state index contributed by atoms with van der Waals surface area (Å²) in [5.41, 5.74) is 1.51. The molecular weight excluding hydrogens is 143 g/mol. The van der Waals surface area contributed by atoms with E-state index in [0.717, 1.165) is 6.61 Å². The van der Waals surface area contributed by atoms with Crippen LogP contribution < -0.4 is 0 Å². The highest BCUT2D eigenvalue weighted by atomic mass is 31.1. The Kier molecular flexibility index (Phi) is 2.49. The van der Waals surface area contributed by atoms with Gasteiger partial charge in [-0.05, 0) is 12.6 Å². The van der Waals surface area contributed by atoms with E-state index in [9.17, 15) is 0 Å². The molecule has 0 aliphatic carbocycles. The SMILES string of the molecule is CC(C)(C)C1=PCCCO1. The first-order chi connectivity index (χ1) is 4.61. The lowest BCUT2D eigenvalue weighted by Crippen LogP contribution is -2.24. The molecule has 1 heterocycles. The second-order valence-corrected chi connectivity index (χ2v) is 4.81. The van der Waals surface area contributed by atoms with Gasteiger partial charge < -0.3 is 4.74 Å². The molecule has 0 radical (unpaired) electrons. The number of hydrogen-bond acceptors (Lipinski definition) is 1. The fourth-order valence-corrected chi connectivity index (χ4v) is 2.06. The molecule has 1 aliphatic rings. The van der Waals surface area contributed by atoms with E-state index in [1.54, 1.807) is 0 Å². The zero-order valence-corrected chi connectivity index (χ0v) is 7.87. The van der Waals surface area contributed by atoms with Crippen molar-refractivity contribution in [2.24, 2.45) is 5.41 Å². The van der Waals surface area contributed by atoms with Crippen LogP contribution in [0.15, 0.2) is 0 Å². The van der Waals surface area contributed by atoms with E-state index in [1.807, 2.05) is 0 Å². The highest BCUT2D eigenvalue weighted by Crippen LogP contribution is 2.25. The van der Waals surface area contributed by atoms with Crippen LogP contribution in [-0.2, 0) is 4.74 Å². The first kappa shape index (κ1) is 8.23. The topological polar surface area (TPSA) is 9.23 Å². The van der Waals surface area contributed by atoms with E-state index in [2.05, 4.69) is 20.8 Å². The monoisotopic (exact) mass is 158 g/mol. The van der Waals surface area contributed by atoms with Gasteiger partial charge in [-0.3, -0.25) is 0 Å². The van der Waals surface area contributed by atoms with Crippen molar-refractivity contribution in [2.45, 2.75) is 27.2 Å². The summed E-state index contributed by atoms with van der Waals surface area (Å²) in [5.74, 6) is 0. The fourth-order valence-electron chi connectivity index (χ4n) is 0.913. The van der Waals surface area contributed by atoms with Gasteiger partial charge in [-0.15, -0.1) is 0 Å². The van der Waals surface area contributed by atoms with Crippen molar-refractivity contribution in [2.75, 3.05) is 12.8 Å². The quantitative estimate of drug-likeness (QED) is 0.492. The lowest BCUT2D eigenvalue weighted by Gasteiger charge is -2.24. The van der Waals surface area contributed by atoms with Crippen LogP contribution in [0.2, 0.25) is 0 Å². The maximum Gasteiger partial charge on any atom is 0.0798 e. The zero-order valence-electron chi connectivity index (χ0n) is 6.98. The van der Waals surface area contributed by atoms with Crippen LogP contribution in [0, 0.1) is 5.41 Å². The molecule has 0 N–H and O–H groups in total. The summed E-state index contributed by atoms with van der Waals surface area (Å²) >= 11 is 0. The molecule has 1 rings (SSSR count). The van der Waals surface area contributed by atoms with Gasteiger partial charge in [0.25, 0.3) is 0 Å². The van der Waals surface area contributed by atoms with Crippen LogP contribution in [0.4, 0.5) is 0 Å². The molecule has 0 atom stereocenters. The Balaban J connectivity index is 2.62. The van der Waals surface area contributed by atoms with Gasteiger partial charge in [0.15, 0.2) is 0 Å². The van der Waals surface area contributed by atoms with E-state index in [-0.39, 0.29) is 5.41 Å². The van der Waals surface area contributed by atoms with Crippen molar-refractivity contribution in [1.82, 2.24) is 0 Å². The molecule has 0 spiro atoms. The van der Waals surface area contributed by atoms with Crippen LogP contribution >= 0.6 is 8.20 Å². The highest BCUT2D eigenvalue weighted by molar-refractivity contribution is 7.40. The molecule has 0 aromatic carbocycles. The maximum atomic E-state index is 5.55. The number of ether oxygens (including phenoxy) is 1. The molecule has 0 saturated carbocycles. The predicted molar refractivity (Wildman–Crippen MR) is 46.8 cm³/mol. The Morgan fingerprint density at radius 1 is 1.40 bits per heavy atom. The minimum absolute atomic E-state index is 0.252. The average molecular weight is 158 g/mol. The minimum atomic E-state index is 0.252. The van der Waals surface area contributed by atoms with Gasteiger partial charge >= 0.3 is 0 Å². The Bertz CT molecular complexity index is 144. The van der Waals surface area contributed by atoms with Gasteiger partial charge in [0.1, 0.15) is 0 Å². The molecule has 0 aromatic heterocycles. The molecule has 0 fully saturated rings. The van der Waals surface area contributed by atoms with Crippen molar-refractivity contribution >= 4 is 13.7 Å². The standard InChI is InChI=1S/C8H15OP/c1-8(2,3)7-9-5-4-6-10-7/h4-6H2,1-3H3. The molecule has 1 nitrogen and oxygen atoms in total. The second kappa shape index (κ2) is 3.02. The van der Waals surface area contributed by atoms with Gasteiger partial charge in [0, 0.05) is 5.41 Å². The van der Waals surface area contributed by atoms with Crippen LogP contribution in [0.5, 0.6) is 0 Å². The van der Waals surface area contributed by atoms with Crippen molar-refractivity contribution in [3.8, 4) is 0 Å². The molecule has 0 unspecified atom stereocenters. The molecule has 0 saturated heterocycles. The normalized spacial score (nSPS) is 22.1. The van der Waals surface area contributed by atoms with Gasteiger partial charge in [0.05, 0.1) is 12.1 Å². The summed E-state index contributed by atoms with van der Waals surface area (Å²) < 4.78 is 5.55. The molecular formula is C8H15OP. The third-order valence-electron chi connectivity index (χ3n) is 1.44. The summed E-state index contributed by atoms with van der Waals surface area (Å²) in [5, 5.41) is 0. The zero-order chi connectivity index (χ0) is 7.61. The van der Waals surface area contributed by atoms with Gasteiger partial charge in [-0.1, -0.05) is 29.0 Å². The van der Waals surface area contributed by atoms with Crippen molar-refractivity contribution in [1.29, 1.82) is 0 Å². The number of hydrogen-bond donors (Lipinski definition) is 0. The smallest absolute Gasteiger partial charge is 0.0798 e. The Hall–Kier alpha value is 0.130. The van der Waals surface area contributed by atoms with Crippen LogP contribution in [0.3, 0.4) is 0 Å². The summed E-state index contributed by atoms with van der Waals surface area (Å²) in [6.45, 7) is 7.56. The fraction of sp³-hybridized carbons (Fsp3) is 0.875. The van der Waals surface area contributed by atoms with Crippen molar-refractivity contribution in [3.05, 3.63) is 0 Å². The second-order valence-electron chi connectivity index (χ2n) is 3.64. The summed E-state index contributed by atoms with van der Waals surface area (Å²) in [7, 11) is 1.40. The largest absolute Gasteiger partial charge is 0.345 e. The van der Waals surface area contributed by atoms with Gasteiger partial charge in [0.2, 0.25) is 0 Å². The van der Waals surface area contributed by atoms with Crippen LogP contribution in [0.1, 0.15) is 27.2 Å². The molecule has 58 valence electrons.